The molecule has 0 unspecified atom stereocenters. The summed E-state index contributed by atoms with van der Waals surface area (Å²) in [5.41, 5.74) is 6.88. The van der Waals surface area contributed by atoms with E-state index in [0.29, 0.717) is 19.1 Å². The molecule has 3 heterocycles. The first-order valence-corrected chi connectivity index (χ1v) is 13.8. The zero-order chi connectivity index (χ0) is 25.6. The predicted molar refractivity (Wildman–Crippen MR) is 148 cm³/mol. The molecule has 2 aliphatic carbocycles. The number of carbonyl (C=O) groups is 1. The largest absolute Gasteiger partial charge is 0.444 e. The van der Waals surface area contributed by atoms with E-state index in [1.807, 2.05) is 31.9 Å². The van der Waals surface area contributed by atoms with Gasteiger partial charge in [0.1, 0.15) is 11.4 Å². The van der Waals surface area contributed by atoms with Gasteiger partial charge in [0.25, 0.3) is 0 Å². The lowest BCUT2D eigenvalue weighted by atomic mass is 9.91. The quantitative estimate of drug-likeness (QED) is 0.489. The van der Waals surface area contributed by atoms with Crippen LogP contribution in [0.1, 0.15) is 57.7 Å². The van der Waals surface area contributed by atoms with Crippen molar-refractivity contribution in [1.82, 2.24) is 14.9 Å². The molecular formula is C30H37N5O2. The summed E-state index contributed by atoms with van der Waals surface area (Å²) >= 11 is 0. The maximum Gasteiger partial charge on any atom is 0.410 e. The molecule has 194 valence electrons. The molecule has 0 radical (unpaired) electrons. The third-order valence-corrected chi connectivity index (χ3v) is 7.50. The van der Waals surface area contributed by atoms with E-state index in [1.165, 1.54) is 59.1 Å². The van der Waals surface area contributed by atoms with E-state index < -0.39 is 5.60 Å². The number of hydrogen-bond acceptors (Lipinski definition) is 6. The SMILES string of the molecule is CC(C)(C)OC(=O)N1CCN(c2c3c(nc4ccc(-c5ccnc(NC6CC6)c5)cc24)CCCC3)CC1. The van der Waals surface area contributed by atoms with Crippen molar-refractivity contribution in [2.75, 3.05) is 36.4 Å². The van der Waals surface area contributed by atoms with E-state index in [9.17, 15) is 4.79 Å². The van der Waals surface area contributed by atoms with E-state index >= 15 is 0 Å². The highest BCUT2D eigenvalue weighted by Crippen LogP contribution is 2.38. The number of benzene rings is 1. The second-order valence-corrected chi connectivity index (χ2v) is 11.6. The molecule has 2 aromatic heterocycles. The third-order valence-electron chi connectivity index (χ3n) is 7.50. The first-order chi connectivity index (χ1) is 17.8. The minimum Gasteiger partial charge on any atom is -0.444 e. The van der Waals surface area contributed by atoms with E-state index in [-0.39, 0.29) is 6.09 Å². The number of fused-ring (bicyclic) bond motifs is 2. The van der Waals surface area contributed by atoms with Crippen molar-refractivity contribution in [2.45, 2.75) is 70.9 Å². The monoisotopic (exact) mass is 499 g/mol. The van der Waals surface area contributed by atoms with Crippen molar-refractivity contribution in [1.29, 1.82) is 0 Å². The van der Waals surface area contributed by atoms with Gasteiger partial charge in [0.2, 0.25) is 0 Å². The summed E-state index contributed by atoms with van der Waals surface area (Å²) in [6.45, 7) is 8.66. The van der Waals surface area contributed by atoms with Crippen LogP contribution >= 0.6 is 0 Å². The zero-order valence-corrected chi connectivity index (χ0v) is 22.2. The number of pyridine rings is 2. The summed E-state index contributed by atoms with van der Waals surface area (Å²) < 4.78 is 5.63. The van der Waals surface area contributed by atoms with Crippen molar-refractivity contribution >= 4 is 28.5 Å². The van der Waals surface area contributed by atoms with E-state index in [1.54, 1.807) is 0 Å². The Kier molecular flexibility index (Phi) is 6.17. The molecule has 37 heavy (non-hydrogen) atoms. The number of aryl methyl sites for hydroxylation is 1. The van der Waals surface area contributed by atoms with Gasteiger partial charge in [-0.1, -0.05) is 6.07 Å². The lowest BCUT2D eigenvalue weighted by molar-refractivity contribution is 0.0240. The molecule has 7 nitrogen and oxygen atoms in total. The fourth-order valence-electron chi connectivity index (χ4n) is 5.50. The van der Waals surface area contributed by atoms with Gasteiger partial charge in [0, 0.05) is 49.5 Å². The second-order valence-electron chi connectivity index (χ2n) is 11.6. The Morgan fingerprint density at radius 3 is 2.51 bits per heavy atom. The van der Waals surface area contributed by atoms with Crippen LogP contribution in [0.25, 0.3) is 22.0 Å². The maximum absolute atomic E-state index is 12.7. The van der Waals surface area contributed by atoms with Crippen molar-refractivity contribution in [3.8, 4) is 11.1 Å². The van der Waals surface area contributed by atoms with Crippen LogP contribution in [0.3, 0.4) is 0 Å². The van der Waals surface area contributed by atoms with Crippen molar-refractivity contribution in [2.24, 2.45) is 0 Å². The number of anilines is 2. The van der Waals surface area contributed by atoms with Gasteiger partial charge in [-0.25, -0.2) is 9.78 Å². The topological polar surface area (TPSA) is 70.6 Å². The molecule has 3 aliphatic rings. The summed E-state index contributed by atoms with van der Waals surface area (Å²) in [5, 5.41) is 4.73. The molecule has 2 fully saturated rings. The van der Waals surface area contributed by atoms with Gasteiger partial charge in [-0.15, -0.1) is 0 Å². The van der Waals surface area contributed by atoms with E-state index in [2.05, 4.69) is 45.5 Å². The van der Waals surface area contributed by atoms with Crippen LogP contribution in [0.5, 0.6) is 0 Å². The summed E-state index contributed by atoms with van der Waals surface area (Å²) in [6.07, 6.45) is 8.63. The van der Waals surface area contributed by atoms with Crippen LogP contribution in [-0.2, 0) is 17.6 Å². The Labute approximate surface area is 219 Å². The molecule has 0 atom stereocenters. The maximum atomic E-state index is 12.7. The molecular weight excluding hydrogens is 462 g/mol. The molecule has 3 aromatic rings. The molecule has 1 aromatic carbocycles. The first-order valence-electron chi connectivity index (χ1n) is 13.8. The highest BCUT2D eigenvalue weighted by atomic mass is 16.6. The first kappa shape index (κ1) is 24.0. The van der Waals surface area contributed by atoms with Crippen LogP contribution in [0.2, 0.25) is 0 Å². The van der Waals surface area contributed by atoms with Crippen LogP contribution in [0.15, 0.2) is 36.5 Å². The number of carbonyl (C=O) groups excluding carboxylic acids is 1. The molecule has 0 bridgehead atoms. The van der Waals surface area contributed by atoms with E-state index in [0.717, 1.165) is 37.3 Å². The van der Waals surface area contributed by atoms with Gasteiger partial charge in [-0.3, -0.25) is 4.98 Å². The molecule has 6 rings (SSSR count). The highest BCUT2D eigenvalue weighted by molar-refractivity contribution is 5.97. The van der Waals surface area contributed by atoms with Gasteiger partial charge in [-0.2, -0.15) is 0 Å². The van der Waals surface area contributed by atoms with Gasteiger partial charge < -0.3 is 19.9 Å². The summed E-state index contributed by atoms with van der Waals surface area (Å²) in [5.74, 6) is 0.946. The number of ether oxygens (including phenoxy) is 1. The highest BCUT2D eigenvalue weighted by Gasteiger charge is 2.29. The Morgan fingerprint density at radius 1 is 1.00 bits per heavy atom. The van der Waals surface area contributed by atoms with Gasteiger partial charge >= 0.3 is 6.09 Å². The van der Waals surface area contributed by atoms with Crippen LogP contribution in [0.4, 0.5) is 16.3 Å². The number of nitrogens with one attached hydrogen (secondary N) is 1. The van der Waals surface area contributed by atoms with E-state index in [4.69, 9.17) is 9.72 Å². The average Bonchev–Trinajstić information content (AvgIpc) is 3.70. The van der Waals surface area contributed by atoms with Crippen molar-refractivity contribution in [3.63, 3.8) is 0 Å². The molecule has 1 N–H and O–H groups in total. The fourth-order valence-corrected chi connectivity index (χ4v) is 5.50. The smallest absolute Gasteiger partial charge is 0.410 e. The Hall–Kier alpha value is -3.35. The third kappa shape index (κ3) is 5.22. The average molecular weight is 500 g/mol. The Morgan fingerprint density at radius 2 is 1.76 bits per heavy atom. The number of hydrogen-bond donors (Lipinski definition) is 1. The molecule has 7 heteroatoms. The molecule has 1 aliphatic heterocycles. The Balaban J connectivity index is 1.34. The number of aromatic nitrogens is 2. The number of piperazine rings is 1. The van der Waals surface area contributed by atoms with Crippen molar-refractivity contribution in [3.05, 3.63) is 47.8 Å². The number of nitrogens with zero attached hydrogens (tertiary/aromatic N) is 4. The second kappa shape index (κ2) is 9.51. The van der Waals surface area contributed by atoms with Gasteiger partial charge in [0.05, 0.1) is 11.2 Å². The normalized spacial score (nSPS) is 18.0. The minimum atomic E-state index is -0.480. The van der Waals surface area contributed by atoms with Crippen molar-refractivity contribution < 1.29 is 9.53 Å². The standard InChI is InChI=1S/C30H37N5O2/c1-30(2,3)37-29(36)35-16-14-34(15-17-35)28-23-6-4-5-7-25(23)33-26-11-8-20(18-24(26)28)21-12-13-31-27(19-21)32-22-9-10-22/h8,11-13,18-19,22H,4-7,9-10,14-17H2,1-3H3,(H,31,32). The van der Waals surface area contributed by atoms with Crippen LogP contribution < -0.4 is 10.2 Å². The summed E-state index contributed by atoms with van der Waals surface area (Å²) in [7, 11) is 0. The molecule has 1 saturated heterocycles. The zero-order valence-electron chi connectivity index (χ0n) is 22.2. The van der Waals surface area contributed by atoms with Crippen LogP contribution in [-0.4, -0.2) is 58.8 Å². The van der Waals surface area contributed by atoms with Gasteiger partial charge in [0.15, 0.2) is 0 Å². The predicted octanol–water partition coefficient (Wildman–Crippen LogP) is 5.81. The molecule has 1 amide bonds. The summed E-state index contributed by atoms with van der Waals surface area (Å²) in [6, 6.07) is 11.5. The lowest BCUT2D eigenvalue weighted by Crippen LogP contribution is -2.50. The minimum absolute atomic E-state index is 0.218. The fraction of sp³-hybridized carbons (Fsp3) is 0.500. The number of amides is 1. The molecule has 1 saturated carbocycles. The molecule has 0 spiro atoms. The Bertz CT molecular complexity index is 1320. The summed E-state index contributed by atoms with van der Waals surface area (Å²) in [4.78, 5) is 26.6. The van der Waals surface area contributed by atoms with Gasteiger partial charge in [-0.05, 0) is 100 Å². The number of rotatable bonds is 4. The lowest BCUT2D eigenvalue weighted by Gasteiger charge is -2.38. The van der Waals surface area contributed by atoms with Crippen LogP contribution in [0, 0.1) is 0 Å².